The highest BCUT2D eigenvalue weighted by Crippen LogP contribution is 2.63. The summed E-state index contributed by atoms with van der Waals surface area (Å²) >= 11 is 19.4. The number of hydrogen-bond acceptors (Lipinski definition) is 7. The van der Waals surface area contributed by atoms with Gasteiger partial charge in [-0.25, -0.2) is 9.59 Å². The van der Waals surface area contributed by atoms with Gasteiger partial charge in [0.05, 0.1) is 21.7 Å². The molecule has 2 N–H and O–H groups in total. The molecule has 6 rings (SSSR count). The molecular formula is C27H13Cl3O7. The smallest absolute Gasteiger partial charge is 0.345 e. The van der Waals surface area contributed by atoms with Crippen LogP contribution in [0.1, 0.15) is 37.4 Å². The van der Waals surface area contributed by atoms with Crippen LogP contribution in [0.4, 0.5) is 0 Å². The van der Waals surface area contributed by atoms with Gasteiger partial charge in [0, 0.05) is 11.1 Å². The van der Waals surface area contributed by atoms with E-state index in [1.165, 1.54) is 12.1 Å². The summed E-state index contributed by atoms with van der Waals surface area (Å²) in [6, 6.07) is 17.5. The summed E-state index contributed by atoms with van der Waals surface area (Å²) in [5.74, 6) is -2.74. The van der Waals surface area contributed by atoms with Gasteiger partial charge in [0.2, 0.25) is 0 Å². The molecule has 7 nitrogen and oxygen atoms in total. The average molecular weight is 556 g/mol. The summed E-state index contributed by atoms with van der Waals surface area (Å²) < 4.78 is 17.6. The number of fused-ring (bicyclic) bond motifs is 6. The second-order valence-electron chi connectivity index (χ2n) is 8.25. The zero-order valence-electron chi connectivity index (χ0n) is 18.4. The summed E-state index contributed by atoms with van der Waals surface area (Å²) in [5.41, 5.74) is -1.46. The van der Waals surface area contributed by atoms with E-state index in [2.05, 4.69) is 0 Å². The van der Waals surface area contributed by atoms with Gasteiger partial charge in [-0.1, -0.05) is 71.2 Å². The lowest BCUT2D eigenvalue weighted by atomic mass is 9.75. The number of phenols is 2. The Bertz CT molecular complexity index is 1650. The van der Waals surface area contributed by atoms with E-state index >= 15 is 0 Å². The van der Waals surface area contributed by atoms with E-state index in [1.54, 1.807) is 54.6 Å². The summed E-state index contributed by atoms with van der Waals surface area (Å²) in [4.78, 5) is 26.8. The van der Waals surface area contributed by atoms with E-state index in [4.69, 9.17) is 49.0 Å². The zero-order chi connectivity index (χ0) is 26.1. The largest absolute Gasteiger partial charge is 0.506 e. The molecule has 10 heteroatoms. The second kappa shape index (κ2) is 8.31. The molecule has 0 saturated carbocycles. The number of esters is 2. The van der Waals surface area contributed by atoms with Crippen molar-refractivity contribution in [2.75, 3.05) is 0 Å². The van der Waals surface area contributed by atoms with Crippen molar-refractivity contribution >= 4 is 46.7 Å². The fraction of sp³-hybridized carbons (Fsp3) is 0.0370. The molecule has 1 atom stereocenters. The Morgan fingerprint density at radius 1 is 0.811 bits per heavy atom. The first-order valence-corrected chi connectivity index (χ1v) is 11.9. The average Bonchev–Trinajstić information content (AvgIpc) is 3.19. The Morgan fingerprint density at radius 2 is 1.51 bits per heavy atom. The highest BCUT2D eigenvalue weighted by molar-refractivity contribution is 6.40. The van der Waals surface area contributed by atoms with Crippen LogP contribution in [-0.4, -0.2) is 22.2 Å². The van der Waals surface area contributed by atoms with Crippen molar-refractivity contribution in [2.45, 2.75) is 5.60 Å². The fourth-order valence-electron chi connectivity index (χ4n) is 4.69. The van der Waals surface area contributed by atoms with Crippen LogP contribution in [0, 0.1) is 0 Å². The summed E-state index contributed by atoms with van der Waals surface area (Å²) in [7, 11) is 0. The van der Waals surface area contributed by atoms with Gasteiger partial charge in [0.1, 0.15) is 21.5 Å². The molecule has 0 aliphatic carbocycles. The van der Waals surface area contributed by atoms with Crippen LogP contribution in [0.5, 0.6) is 28.7 Å². The molecule has 2 aliphatic heterocycles. The van der Waals surface area contributed by atoms with Crippen molar-refractivity contribution in [3.05, 3.63) is 110 Å². The van der Waals surface area contributed by atoms with Crippen molar-refractivity contribution in [2.24, 2.45) is 0 Å². The van der Waals surface area contributed by atoms with Gasteiger partial charge in [-0.15, -0.1) is 0 Å². The van der Waals surface area contributed by atoms with Crippen LogP contribution in [0.3, 0.4) is 0 Å². The summed E-state index contributed by atoms with van der Waals surface area (Å²) in [5, 5.41) is 20.1. The van der Waals surface area contributed by atoms with E-state index in [1.807, 2.05) is 0 Å². The van der Waals surface area contributed by atoms with Crippen molar-refractivity contribution in [3.63, 3.8) is 0 Å². The SMILES string of the molecule is O=C1OC2(c3ccccc31)c1ccc(O)c(Cl)c1Oc1c(Cl)c(O)c(Cl)c(C(=O)Oc3ccccc3)c12. The minimum absolute atomic E-state index is 0.0613. The van der Waals surface area contributed by atoms with Crippen LogP contribution in [0.15, 0.2) is 66.7 Å². The quantitative estimate of drug-likeness (QED) is 0.206. The first-order chi connectivity index (χ1) is 17.8. The van der Waals surface area contributed by atoms with Crippen LogP contribution in [0.25, 0.3) is 0 Å². The van der Waals surface area contributed by atoms with Crippen LogP contribution >= 0.6 is 34.8 Å². The van der Waals surface area contributed by atoms with Gasteiger partial charge in [-0.2, -0.15) is 0 Å². The molecule has 37 heavy (non-hydrogen) atoms. The predicted octanol–water partition coefficient (Wildman–Crippen LogP) is 6.85. The third kappa shape index (κ3) is 3.21. The Morgan fingerprint density at radius 3 is 2.27 bits per heavy atom. The van der Waals surface area contributed by atoms with E-state index in [0.717, 1.165) is 0 Å². The Kier molecular flexibility index (Phi) is 5.28. The van der Waals surface area contributed by atoms with Crippen LogP contribution < -0.4 is 9.47 Å². The number of aromatic hydroxyl groups is 2. The molecule has 0 fully saturated rings. The molecule has 4 aromatic rings. The Hall–Kier alpha value is -3.91. The van der Waals surface area contributed by atoms with Crippen molar-refractivity contribution in [3.8, 4) is 28.7 Å². The number of ether oxygens (including phenoxy) is 3. The van der Waals surface area contributed by atoms with Crippen LogP contribution in [0.2, 0.25) is 15.1 Å². The van der Waals surface area contributed by atoms with Gasteiger partial charge < -0.3 is 24.4 Å². The van der Waals surface area contributed by atoms with Gasteiger partial charge >= 0.3 is 11.9 Å². The van der Waals surface area contributed by atoms with E-state index in [-0.39, 0.29) is 55.3 Å². The lowest BCUT2D eigenvalue weighted by Crippen LogP contribution is -2.36. The second-order valence-corrected chi connectivity index (χ2v) is 9.39. The number of carbonyl (C=O) groups excluding carboxylic acids is 2. The maximum absolute atomic E-state index is 13.6. The van der Waals surface area contributed by atoms with Crippen molar-refractivity contribution in [1.82, 2.24) is 0 Å². The van der Waals surface area contributed by atoms with Gasteiger partial charge in [-0.3, -0.25) is 0 Å². The monoisotopic (exact) mass is 554 g/mol. The van der Waals surface area contributed by atoms with Crippen molar-refractivity contribution in [1.29, 1.82) is 0 Å². The van der Waals surface area contributed by atoms with Gasteiger partial charge in [0.25, 0.3) is 0 Å². The molecule has 1 spiro atoms. The third-order valence-electron chi connectivity index (χ3n) is 6.25. The number of carbonyl (C=O) groups is 2. The number of hydrogen-bond donors (Lipinski definition) is 2. The minimum atomic E-state index is -1.83. The lowest BCUT2D eigenvalue weighted by molar-refractivity contribution is 0.0216. The van der Waals surface area contributed by atoms with Crippen molar-refractivity contribution < 1.29 is 34.0 Å². The first kappa shape index (κ1) is 23.5. The van der Waals surface area contributed by atoms with E-state index in [9.17, 15) is 19.8 Å². The van der Waals surface area contributed by atoms with Crippen LogP contribution in [-0.2, 0) is 10.3 Å². The fourth-order valence-corrected chi connectivity index (χ4v) is 5.43. The molecular weight excluding hydrogens is 543 g/mol. The molecule has 2 aliphatic rings. The minimum Gasteiger partial charge on any atom is -0.506 e. The molecule has 184 valence electrons. The lowest BCUT2D eigenvalue weighted by Gasteiger charge is -2.38. The first-order valence-electron chi connectivity index (χ1n) is 10.8. The van der Waals surface area contributed by atoms with Gasteiger partial charge in [-0.05, 0) is 30.3 Å². The van der Waals surface area contributed by atoms with E-state index < -0.39 is 28.3 Å². The molecule has 0 amide bonds. The highest BCUT2D eigenvalue weighted by atomic mass is 35.5. The molecule has 0 bridgehead atoms. The maximum atomic E-state index is 13.6. The predicted molar refractivity (Wildman–Crippen MR) is 134 cm³/mol. The molecule has 1 unspecified atom stereocenters. The molecule has 2 heterocycles. The number of rotatable bonds is 2. The topological polar surface area (TPSA) is 102 Å². The third-order valence-corrected chi connectivity index (χ3v) is 7.34. The molecule has 0 aromatic heterocycles. The number of phenolic OH excluding ortho intramolecular Hbond substituents is 2. The van der Waals surface area contributed by atoms with Gasteiger partial charge in [0.15, 0.2) is 22.8 Å². The zero-order valence-corrected chi connectivity index (χ0v) is 20.7. The number of benzene rings is 4. The molecule has 4 aromatic carbocycles. The van der Waals surface area contributed by atoms with E-state index in [0.29, 0.717) is 5.56 Å². The highest BCUT2D eigenvalue weighted by Gasteiger charge is 2.57. The normalized spacial score (nSPS) is 16.9. The Balaban J connectivity index is 1.73. The molecule has 0 saturated heterocycles. The maximum Gasteiger partial charge on any atom is 0.345 e. The summed E-state index contributed by atoms with van der Waals surface area (Å²) in [6.07, 6.45) is 0. The Labute approximate surface area is 224 Å². The number of para-hydroxylation sites is 1. The number of halogens is 3. The molecule has 0 radical (unpaired) electrons. The standard InChI is InChI=1S/C27H13Cl3O7/c28-19-16(31)11-10-15-23(19)36-24-18(27(15)14-9-5-4-8-13(14)25(33)37-27)17(20(29)22(32)21(24)30)26(34)35-12-6-2-1-3-7-12/h1-11,31-32H. The summed E-state index contributed by atoms with van der Waals surface area (Å²) in [6.45, 7) is 0.